The first-order valence-electron chi connectivity index (χ1n) is 9.82. The average Bonchev–Trinajstić information content (AvgIpc) is 3.20. The zero-order valence-corrected chi connectivity index (χ0v) is 19.1. The molecule has 4 rings (SSSR count). The summed E-state index contributed by atoms with van der Waals surface area (Å²) in [5, 5.41) is 3.47. The molecule has 0 bridgehead atoms. The summed E-state index contributed by atoms with van der Waals surface area (Å²) in [5.41, 5.74) is 7.89. The van der Waals surface area contributed by atoms with Crippen molar-refractivity contribution in [1.82, 2.24) is 4.98 Å². The van der Waals surface area contributed by atoms with Gasteiger partial charge in [-0.05, 0) is 60.7 Å². The van der Waals surface area contributed by atoms with Gasteiger partial charge in [0.1, 0.15) is 16.4 Å². The van der Waals surface area contributed by atoms with Crippen molar-refractivity contribution < 1.29 is 23.1 Å². The Hall–Kier alpha value is -4.06. The molecule has 0 fully saturated rings. The van der Waals surface area contributed by atoms with E-state index in [4.69, 9.17) is 15.0 Å². The third kappa shape index (κ3) is 5.64. The van der Waals surface area contributed by atoms with Crippen molar-refractivity contribution >= 4 is 56.7 Å². The number of ketones is 1. The highest BCUT2D eigenvalue weighted by Crippen LogP contribution is 2.30. The van der Waals surface area contributed by atoms with Crippen LogP contribution in [-0.2, 0) is 11.3 Å². The predicted molar refractivity (Wildman–Crippen MR) is 132 cm³/mol. The second-order valence-electron chi connectivity index (χ2n) is 6.90. The van der Waals surface area contributed by atoms with E-state index in [9.17, 15) is 13.8 Å². The van der Waals surface area contributed by atoms with E-state index in [0.29, 0.717) is 33.4 Å². The molecule has 0 aliphatic rings. The highest BCUT2D eigenvalue weighted by Gasteiger charge is 2.19. The topological polar surface area (TPSA) is 144 Å². The van der Waals surface area contributed by atoms with Crippen LogP contribution in [0, 0.1) is 0 Å². The third-order valence-corrected chi connectivity index (χ3v) is 5.93. The number of thiazole rings is 1. The molecule has 3 aromatic carbocycles. The molecule has 0 saturated carbocycles. The molecule has 0 aliphatic carbocycles. The number of aromatic nitrogens is 1. The molecule has 0 saturated heterocycles. The molecule has 1 unspecified atom stereocenters. The van der Waals surface area contributed by atoms with Gasteiger partial charge in [0.05, 0.1) is 5.56 Å². The quantitative estimate of drug-likeness (QED) is 0.122. The minimum Gasteiger partial charge on any atom is -0.423 e. The first-order valence-corrected chi connectivity index (χ1v) is 11.7. The third-order valence-electron chi connectivity index (χ3n) is 4.54. The SMILES string of the molecule is Nc1nc(Nc2ccc(NS(=O)O)cc2)sc1C(=O)c1ccc(OC(=O)c2ccccc2)cc1. The highest BCUT2D eigenvalue weighted by atomic mass is 32.2. The van der Waals surface area contributed by atoms with Gasteiger partial charge in [-0.15, -0.1) is 0 Å². The number of ether oxygens (including phenoxy) is 1. The molecule has 34 heavy (non-hydrogen) atoms. The summed E-state index contributed by atoms with van der Waals surface area (Å²) in [5.74, 6) is -0.400. The van der Waals surface area contributed by atoms with Gasteiger partial charge < -0.3 is 15.8 Å². The van der Waals surface area contributed by atoms with E-state index in [1.165, 1.54) is 0 Å². The van der Waals surface area contributed by atoms with E-state index in [1.807, 2.05) is 0 Å². The van der Waals surface area contributed by atoms with Gasteiger partial charge >= 0.3 is 5.97 Å². The zero-order chi connectivity index (χ0) is 24.1. The molecule has 4 aromatic rings. The van der Waals surface area contributed by atoms with Crippen molar-refractivity contribution in [3.63, 3.8) is 0 Å². The van der Waals surface area contributed by atoms with E-state index in [-0.39, 0.29) is 16.5 Å². The summed E-state index contributed by atoms with van der Waals surface area (Å²) in [7, 11) is 0. The molecule has 1 aromatic heterocycles. The molecular formula is C23H18N4O5S2. The Balaban J connectivity index is 1.43. The minimum absolute atomic E-state index is 0.0889. The van der Waals surface area contributed by atoms with Crippen LogP contribution < -0.4 is 20.5 Å². The van der Waals surface area contributed by atoms with Crippen molar-refractivity contribution in [3.8, 4) is 5.75 Å². The standard InChI is InChI=1S/C23H18N4O5S2/c24-21-20(33-23(26-21)25-16-8-10-17(11-9-16)27-34(30)31)19(28)14-6-12-18(13-7-14)32-22(29)15-4-2-1-3-5-15/h1-13,27H,24H2,(H,25,26)(H,30,31). The fraction of sp³-hybridized carbons (Fsp3) is 0. The summed E-state index contributed by atoms with van der Waals surface area (Å²) in [4.78, 5) is 29.6. The lowest BCUT2D eigenvalue weighted by Gasteiger charge is -2.05. The van der Waals surface area contributed by atoms with Crippen molar-refractivity contribution in [2.24, 2.45) is 0 Å². The number of nitrogens with two attached hydrogens (primary N) is 1. The van der Waals surface area contributed by atoms with Crippen molar-refractivity contribution in [2.75, 3.05) is 15.8 Å². The normalized spacial score (nSPS) is 11.4. The number of carbonyl (C=O) groups excluding carboxylic acids is 2. The van der Waals surface area contributed by atoms with Crippen LogP contribution in [0.25, 0.3) is 0 Å². The number of nitrogens with one attached hydrogen (secondary N) is 2. The molecule has 0 radical (unpaired) electrons. The van der Waals surface area contributed by atoms with Gasteiger partial charge in [0.2, 0.25) is 5.78 Å². The maximum Gasteiger partial charge on any atom is 0.343 e. The second-order valence-corrected chi connectivity index (χ2v) is 8.60. The number of rotatable bonds is 8. The van der Waals surface area contributed by atoms with Gasteiger partial charge in [-0.3, -0.25) is 14.1 Å². The molecule has 11 heteroatoms. The summed E-state index contributed by atoms with van der Waals surface area (Å²) >= 11 is -1.06. The van der Waals surface area contributed by atoms with E-state index in [1.54, 1.807) is 78.9 Å². The first kappa shape index (κ1) is 23.1. The predicted octanol–water partition coefficient (Wildman–Crippen LogP) is 4.47. The Labute approximate surface area is 201 Å². The number of esters is 1. The molecule has 172 valence electrons. The fourth-order valence-corrected chi connectivity index (χ4v) is 4.14. The molecule has 0 spiro atoms. The largest absolute Gasteiger partial charge is 0.423 e. The van der Waals surface area contributed by atoms with Crippen molar-refractivity contribution in [1.29, 1.82) is 0 Å². The molecule has 1 atom stereocenters. The van der Waals surface area contributed by atoms with E-state index in [2.05, 4.69) is 15.0 Å². The lowest BCUT2D eigenvalue weighted by atomic mass is 10.1. The number of anilines is 4. The highest BCUT2D eigenvalue weighted by molar-refractivity contribution is 7.80. The van der Waals surface area contributed by atoms with Gasteiger partial charge in [0.25, 0.3) is 11.3 Å². The smallest absolute Gasteiger partial charge is 0.343 e. The number of nitrogens with zero attached hydrogens (tertiary/aromatic N) is 1. The van der Waals surface area contributed by atoms with E-state index in [0.717, 1.165) is 11.3 Å². The first-order chi connectivity index (χ1) is 16.4. The van der Waals surface area contributed by atoms with E-state index < -0.39 is 17.2 Å². The molecular weight excluding hydrogens is 476 g/mol. The maximum atomic E-state index is 12.9. The van der Waals surface area contributed by atoms with E-state index >= 15 is 0 Å². The molecule has 0 aliphatic heterocycles. The van der Waals surface area contributed by atoms with Gasteiger partial charge in [-0.25, -0.2) is 14.0 Å². The van der Waals surface area contributed by atoms with Gasteiger partial charge in [-0.1, -0.05) is 29.5 Å². The monoisotopic (exact) mass is 494 g/mol. The Morgan fingerprint density at radius 1 is 0.912 bits per heavy atom. The van der Waals surface area contributed by atoms with Crippen LogP contribution in [-0.4, -0.2) is 25.5 Å². The van der Waals surface area contributed by atoms with Gasteiger partial charge in [0, 0.05) is 16.9 Å². The minimum atomic E-state index is -2.16. The fourth-order valence-electron chi connectivity index (χ4n) is 2.94. The summed E-state index contributed by atoms with van der Waals surface area (Å²) in [6.07, 6.45) is 0. The number of hydrogen-bond donors (Lipinski definition) is 4. The molecule has 1 heterocycles. The Morgan fingerprint density at radius 2 is 1.56 bits per heavy atom. The Kier molecular flexibility index (Phi) is 6.97. The van der Waals surface area contributed by atoms with Crippen molar-refractivity contribution in [2.45, 2.75) is 0 Å². The van der Waals surface area contributed by atoms with Crippen LogP contribution in [0.2, 0.25) is 0 Å². The van der Waals surface area contributed by atoms with Crippen LogP contribution >= 0.6 is 11.3 Å². The van der Waals surface area contributed by atoms with Gasteiger partial charge in [0.15, 0.2) is 5.13 Å². The van der Waals surface area contributed by atoms with Crippen LogP contribution in [0.4, 0.5) is 22.3 Å². The number of hydrogen-bond acceptors (Lipinski definition) is 8. The lowest BCUT2D eigenvalue weighted by Crippen LogP contribution is -2.08. The lowest BCUT2D eigenvalue weighted by molar-refractivity contribution is 0.0734. The number of nitrogen functional groups attached to an aromatic ring is 1. The van der Waals surface area contributed by atoms with Crippen LogP contribution in [0.3, 0.4) is 0 Å². The maximum absolute atomic E-state index is 12.9. The van der Waals surface area contributed by atoms with Crippen LogP contribution in [0.1, 0.15) is 25.6 Å². The van der Waals surface area contributed by atoms with Crippen LogP contribution in [0.15, 0.2) is 78.9 Å². The Morgan fingerprint density at radius 3 is 2.21 bits per heavy atom. The average molecular weight is 495 g/mol. The van der Waals surface area contributed by atoms with Crippen LogP contribution in [0.5, 0.6) is 5.75 Å². The molecule has 5 N–H and O–H groups in total. The molecule has 9 nitrogen and oxygen atoms in total. The summed E-state index contributed by atoms with van der Waals surface area (Å²) in [6.45, 7) is 0. The number of benzene rings is 3. The number of carbonyl (C=O) groups is 2. The Bertz CT molecular complexity index is 1340. The summed E-state index contributed by atoms with van der Waals surface area (Å²) in [6, 6.07) is 21.4. The molecule has 0 amide bonds. The van der Waals surface area contributed by atoms with Crippen molar-refractivity contribution in [3.05, 3.63) is 94.9 Å². The van der Waals surface area contributed by atoms with Gasteiger partial charge in [-0.2, -0.15) is 0 Å². The summed E-state index contributed by atoms with van der Waals surface area (Å²) < 4.78 is 27.4. The second kappa shape index (κ2) is 10.3. The zero-order valence-electron chi connectivity index (χ0n) is 17.4.